The third kappa shape index (κ3) is 5.37. The highest BCUT2D eigenvalue weighted by molar-refractivity contribution is 5.76. The highest BCUT2D eigenvalue weighted by Gasteiger charge is 2.18. The first kappa shape index (κ1) is 13.9. The predicted molar refractivity (Wildman–Crippen MR) is 57.0 cm³/mol. The molecule has 5 heteroatoms. The van der Waals surface area contributed by atoms with Crippen molar-refractivity contribution in [3.63, 3.8) is 0 Å². The van der Waals surface area contributed by atoms with Gasteiger partial charge < -0.3 is 15.4 Å². The number of amides is 1. The number of primary amides is 1. The maximum atomic E-state index is 11.1. The molecule has 0 fully saturated rings. The molecular weight excluding hydrogens is 196 g/mol. The normalized spacial score (nSPS) is 14.7. The summed E-state index contributed by atoms with van der Waals surface area (Å²) in [5.74, 6) is -0.971. The maximum Gasteiger partial charge on any atom is 0.309 e. The standard InChI is InChI=1S/C10H20N2O3/c1-7(9(11)13)5-12(3)6-8(2)10(14)15-4/h7-8H,5-6H2,1-4H3,(H2,11,13). The minimum Gasteiger partial charge on any atom is -0.469 e. The number of ether oxygens (including phenoxy) is 1. The Balaban J connectivity index is 3.97. The largest absolute Gasteiger partial charge is 0.469 e. The van der Waals surface area contributed by atoms with Gasteiger partial charge in [0, 0.05) is 19.0 Å². The molecule has 0 radical (unpaired) electrons. The summed E-state index contributed by atoms with van der Waals surface area (Å²) in [6.45, 7) is 4.67. The van der Waals surface area contributed by atoms with Crippen molar-refractivity contribution in [3.8, 4) is 0 Å². The summed E-state index contributed by atoms with van der Waals surface area (Å²) in [6.07, 6.45) is 0. The molecule has 0 aliphatic carbocycles. The van der Waals surface area contributed by atoms with Gasteiger partial charge in [0.2, 0.25) is 5.91 Å². The van der Waals surface area contributed by atoms with Crippen LogP contribution in [-0.2, 0) is 14.3 Å². The van der Waals surface area contributed by atoms with E-state index in [2.05, 4.69) is 4.74 Å². The highest BCUT2D eigenvalue weighted by atomic mass is 16.5. The van der Waals surface area contributed by atoms with Crippen LogP contribution >= 0.6 is 0 Å². The lowest BCUT2D eigenvalue weighted by Gasteiger charge is -2.21. The zero-order valence-electron chi connectivity index (χ0n) is 9.82. The van der Waals surface area contributed by atoms with Gasteiger partial charge in [-0.2, -0.15) is 0 Å². The number of esters is 1. The fourth-order valence-electron chi connectivity index (χ4n) is 1.38. The molecule has 0 aromatic carbocycles. The van der Waals surface area contributed by atoms with E-state index in [9.17, 15) is 9.59 Å². The van der Waals surface area contributed by atoms with E-state index >= 15 is 0 Å². The molecule has 15 heavy (non-hydrogen) atoms. The van der Waals surface area contributed by atoms with Gasteiger partial charge in [0.15, 0.2) is 0 Å². The molecule has 88 valence electrons. The summed E-state index contributed by atoms with van der Waals surface area (Å²) < 4.78 is 4.61. The Bertz CT molecular complexity index is 231. The number of hydrogen-bond donors (Lipinski definition) is 1. The Labute approximate surface area is 90.6 Å². The number of hydrogen-bond acceptors (Lipinski definition) is 4. The van der Waals surface area contributed by atoms with Gasteiger partial charge in [0.1, 0.15) is 0 Å². The molecule has 0 aliphatic rings. The summed E-state index contributed by atoms with van der Waals surface area (Å²) in [7, 11) is 3.21. The van der Waals surface area contributed by atoms with E-state index in [1.54, 1.807) is 13.8 Å². The van der Waals surface area contributed by atoms with Gasteiger partial charge in [-0.1, -0.05) is 13.8 Å². The second-order valence-corrected chi connectivity index (χ2v) is 3.95. The van der Waals surface area contributed by atoms with Crippen LogP contribution in [0.1, 0.15) is 13.8 Å². The second kappa shape index (κ2) is 6.40. The van der Waals surface area contributed by atoms with Gasteiger partial charge >= 0.3 is 5.97 Å². The van der Waals surface area contributed by atoms with Crippen molar-refractivity contribution in [3.05, 3.63) is 0 Å². The van der Waals surface area contributed by atoms with Crippen LogP contribution in [0, 0.1) is 11.8 Å². The average Bonchev–Trinajstić information content (AvgIpc) is 2.15. The molecule has 0 aromatic rings. The van der Waals surface area contributed by atoms with E-state index in [0.29, 0.717) is 13.1 Å². The van der Waals surface area contributed by atoms with Crippen LogP contribution < -0.4 is 5.73 Å². The first-order valence-corrected chi connectivity index (χ1v) is 4.94. The predicted octanol–water partition coefficient (Wildman–Crippen LogP) is -0.151. The molecule has 0 aliphatic heterocycles. The molecule has 0 saturated carbocycles. The minimum atomic E-state index is -0.326. The second-order valence-electron chi connectivity index (χ2n) is 3.95. The van der Waals surface area contributed by atoms with Gasteiger partial charge in [0.25, 0.3) is 0 Å². The summed E-state index contributed by atoms with van der Waals surface area (Å²) in [5, 5.41) is 0. The molecule has 5 nitrogen and oxygen atoms in total. The Morgan fingerprint density at radius 2 is 1.73 bits per heavy atom. The van der Waals surface area contributed by atoms with E-state index < -0.39 is 0 Å². The van der Waals surface area contributed by atoms with Crippen LogP contribution in [0.15, 0.2) is 0 Å². The van der Waals surface area contributed by atoms with E-state index in [4.69, 9.17) is 5.73 Å². The Morgan fingerprint density at radius 3 is 2.13 bits per heavy atom. The topological polar surface area (TPSA) is 72.6 Å². The number of methoxy groups -OCH3 is 1. The van der Waals surface area contributed by atoms with Gasteiger partial charge in [-0.3, -0.25) is 9.59 Å². The molecule has 2 unspecified atom stereocenters. The molecular formula is C10H20N2O3. The first-order chi connectivity index (χ1) is 6.88. The van der Waals surface area contributed by atoms with Crippen LogP contribution in [0.4, 0.5) is 0 Å². The monoisotopic (exact) mass is 216 g/mol. The number of carbonyl (C=O) groups is 2. The lowest BCUT2D eigenvalue weighted by Crippen LogP contribution is -2.36. The summed E-state index contributed by atoms with van der Waals surface area (Å²) in [5.41, 5.74) is 5.14. The van der Waals surface area contributed by atoms with Crippen molar-refractivity contribution in [2.45, 2.75) is 13.8 Å². The van der Waals surface area contributed by atoms with Crippen LogP contribution in [0.2, 0.25) is 0 Å². The smallest absolute Gasteiger partial charge is 0.309 e. The van der Waals surface area contributed by atoms with Crippen molar-refractivity contribution >= 4 is 11.9 Å². The molecule has 0 saturated heterocycles. The van der Waals surface area contributed by atoms with Crippen molar-refractivity contribution in [1.29, 1.82) is 0 Å². The maximum absolute atomic E-state index is 11.1. The Kier molecular flexibility index (Phi) is 5.93. The summed E-state index contributed by atoms with van der Waals surface area (Å²) >= 11 is 0. The van der Waals surface area contributed by atoms with Gasteiger partial charge in [-0.15, -0.1) is 0 Å². The van der Waals surface area contributed by atoms with Crippen molar-refractivity contribution in [1.82, 2.24) is 4.90 Å². The van der Waals surface area contributed by atoms with Crippen LogP contribution in [0.5, 0.6) is 0 Å². The number of nitrogens with zero attached hydrogens (tertiary/aromatic N) is 1. The Morgan fingerprint density at radius 1 is 1.27 bits per heavy atom. The highest BCUT2D eigenvalue weighted by Crippen LogP contribution is 2.03. The van der Waals surface area contributed by atoms with Gasteiger partial charge in [-0.25, -0.2) is 0 Å². The Hall–Kier alpha value is -1.10. The van der Waals surface area contributed by atoms with Crippen molar-refractivity contribution < 1.29 is 14.3 Å². The van der Waals surface area contributed by atoms with Crippen molar-refractivity contribution in [2.24, 2.45) is 17.6 Å². The molecule has 1 amide bonds. The molecule has 2 N–H and O–H groups in total. The third-order valence-corrected chi connectivity index (χ3v) is 2.26. The lowest BCUT2D eigenvalue weighted by molar-refractivity contribution is -0.145. The molecule has 0 bridgehead atoms. The molecule has 0 spiro atoms. The summed E-state index contributed by atoms with van der Waals surface area (Å²) in [6, 6.07) is 0. The first-order valence-electron chi connectivity index (χ1n) is 4.94. The van der Waals surface area contributed by atoms with Crippen LogP contribution in [0.3, 0.4) is 0 Å². The molecule has 0 rings (SSSR count). The third-order valence-electron chi connectivity index (χ3n) is 2.26. The van der Waals surface area contributed by atoms with E-state index in [1.807, 2.05) is 11.9 Å². The van der Waals surface area contributed by atoms with Gasteiger partial charge in [-0.05, 0) is 7.05 Å². The van der Waals surface area contributed by atoms with E-state index in [-0.39, 0.29) is 23.7 Å². The van der Waals surface area contributed by atoms with E-state index in [0.717, 1.165) is 0 Å². The molecule has 0 heterocycles. The van der Waals surface area contributed by atoms with Gasteiger partial charge in [0.05, 0.1) is 13.0 Å². The SMILES string of the molecule is COC(=O)C(C)CN(C)CC(C)C(N)=O. The zero-order valence-corrected chi connectivity index (χ0v) is 9.82. The number of rotatable bonds is 6. The summed E-state index contributed by atoms with van der Waals surface area (Å²) in [4.78, 5) is 23.8. The molecule has 2 atom stereocenters. The fourth-order valence-corrected chi connectivity index (χ4v) is 1.38. The number of nitrogens with two attached hydrogens (primary N) is 1. The fraction of sp³-hybridized carbons (Fsp3) is 0.800. The van der Waals surface area contributed by atoms with E-state index in [1.165, 1.54) is 7.11 Å². The van der Waals surface area contributed by atoms with Crippen molar-refractivity contribution in [2.75, 3.05) is 27.2 Å². The molecule has 0 aromatic heterocycles. The lowest BCUT2D eigenvalue weighted by atomic mass is 10.1. The minimum absolute atomic E-state index is 0.194. The van der Waals surface area contributed by atoms with Crippen LogP contribution in [-0.4, -0.2) is 44.0 Å². The number of carbonyl (C=O) groups excluding carboxylic acids is 2. The zero-order chi connectivity index (χ0) is 12.0. The van der Waals surface area contributed by atoms with Crippen LogP contribution in [0.25, 0.3) is 0 Å². The average molecular weight is 216 g/mol. The quantitative estimate of drug-likeness (QED) is 0.627.